The molecule has 1 aromatic carbocycles. The van der Waals surface area contributed by atoms with Crippen LogP contribution < -0.4 is 5.73 Å². The smallest absolute Gasteiger partial charge is 0.127 e. The molecule has 3 heteroatoms. The number of benzene rings is 1. The molecule has 0 spiro atoms. The summed E-state index contributed by atoms with van der Waals surface area (Å²) in [7, 11) is 1.94. The SMILES string of the molecule is Cn1ccc(C(CN)c2ccccc2F)c1. The third-order valence-electron chi connectivity index (χ3n) is 2.77. The zero-order valence-corrected chi connectivity index (χ0v) is 9.23. The minimum atomic E-state index is -0.193. The molecule has 0 radical (unpaired) electrons. The van der Waals surface area contributed by atoms with Crippen LogP contribution in [0.4, 0.5) is 4.39 Å². The van der Waals surface area contributed by atoms with Crippen LogP contribution in [0.1, 0.15) is 17.0 Å². The van der Waals surface area contributed by atoms with Crippen LogP contribution in [-0.2, 0) is 7.05 Å². The molecule has 16 heavy (non-hydrogen) atoms. The van der Waals surface area contributed by atoms with Crippen LogP contribution in [0.2, 0.25) is 0 Å². The van der Waals surface area contributed by atoms with E-state index in [2.05, 4.69) is 0 Å². The second kappa shape index (κ2) is 4.49. The van der Waals surface area contributed by atoms with Crippen molar-refractivity contribution in [1.82, 2.24) is 4.57 Å². The largest absolute Gasteiger partial charge is 0.357 e. The fourth-order valence-corrected chi connectivity index (χ4v) is 1.93. The first-order valence-electron chi connectivity index (χ1n) is 5.28. The molecule has 1 aromatic heterocycles. The quantitative estimate of drug-likeness (QED) is 0.841. The second-order valence-corrected chi connectivity index (χ2v) is 3.92. The molecule has 0 bridgehead atoms. The Bertz CT molecular complexity index is 476. The van der Waals surface area contributed by atoms with Crippen molar-refractivity contribution in [1.29, 1.82) is 0 Å². The maximum Gasteiger partial charge on any atom is 0.127 e. The van der Waals surface area contributed by atoms with Crippen LogP contribution in [0.3, 0.4) is 0 Å². The van der Waals surface area contributed by atoms with Gasteiger partial charge in [-0.15, -0.1) is 0 Å². The van der Waals surface area contributed by atoms with E-state index in [0.717, 1.165) is 5.56 Å². The molecule has 0 fully saturated rings. The summed E-state index contributed by atoms with van der Waals surface area (Å²) in [6, 6.07) is 8.77. The van der Waals surface area contributed by atoms with E-state index in [1.54, 1.807) is 12.1 Å². The first-order chi connectivity index (χ1) is 7.72. The van der Waals surface area contributed by atoms with Crippen LogP contribution in [-0.4, -0.2) is 11.1 Å². The highest BCUT2D eigenvalue weighted by atomic mass is 19.1. The highest BCUT2D eigenvalue weighted by Crippen LogP contribution is 2.25. The summed E-state index contributed by atoms with van der Waals surface area (Å²) in [5, 5.41) is 0. The Morgan fingerprint density at radius 3 is 2.62 bits per heavy atom. The zero-order chi connectivity index (χ0) is 11.5. The molecule has 1 atom stereocenters. The molecule has 84 valence electrons. The molecule has 1 unspecified atom stereocenters. The summed E-state index contributed by atoms with van der Waals surface area (Å²) in [6.07, 6.45) is 3.92. The Morgan fingerprint density at radius 1 is 1.31 bits per heavy atom. The van der Waals surface area contributed by atoms with Crippen LogP contribution in [0, 0.1) is 5.82 Å². The van der Waals surface area contributed by atoms with E-state index in [9.17, 15) is 4.39 Å². The Balaban J connectivity index is 2.40. The number of halogens is 1. The maximum atomic E-state index is 13.7. The van der Waals surface area contributed by atoms with Gasteiger partial charge in [-0.2, -0.15) is 0 Å². The molecule has 2 nitrogen and oxygen atoms in total. The third kappa shape index (κ3) is 1.99. The Kier molecular flexibility index (Phi) is 3.06. The van der Waals surface area contributed by atoms with Gasteiger partial charge < -0.3 is 10.3 Å². The lowest BCUT2D eigenvalue weighted by Gasteiger charge is -2.14. The number of nitrogens with two attached hydrogens (primary N) is 1. The van der Waals surface area contributed by atoms with Crippen molar-refractivity contribution >= 4 is 0 Å². The number of rotatable bonds is 3. The van der Waals surface area contributed by atoms with E-state index >= 15 is 0 Å². The monoisotopic (exact) mass is 218 g/mol. The summed E-state index contributed by atoms with van der Waals surface area (Å²) in [4.78, 5) is 0. The van der Waals surface area contributed by atoms with E-state index in [-0.39, 0.29) is 11.7 Å². The van der Waals surface area contributed by atoms with Gasteiger partial charge >= 0.3 is 0 Å². The van der Waals surface area contributed by atoms with Gasteiger partial charge in [0.25, 0.3) is 0 Å². The van der Waals surface area contributed by atoms with Gasteiger partial charge in [0, 0.05) is 31.9 Å². The van der Waals surface area contributed by atoms with Gasteiger partial charge in [-0.25, -0.2) is 4.39 Å². The van der Waals surface area contributed by atoms with Gasteiger partial charge in [0.05, 0.1) is 0 Å². The molecule has 2 rings (SSSR count). The van der Waals surface area contributed by atoms with Crippen molar-refractivity contribution in [3.8, 4) is 0 Å². The van der Waals surface area contributed by atoms with Crippen molar-refractivity contribution in [3.05, 3.63) is 59.7 Å². The fourth-order valence-electron chi connectivity index (χ4n) is 1.93. The summed E-state index contributed by atoms with van der Waals surface area (Å²) in [6.45, 7) is 0.408. The molecular weight excluding hydrogens is 203 g/mol. The summed E-state index contributed by atoms with van der Waals surface area (Å²) in [5.74, 6) is -0.260. The van der Waals surface area contributed by atoms with Crippen molar-refractivity contribution in [2.24, 2.45) is 12.8 Å². The molecule has 0 aliphatic rings. The second-order valence-electron chi connectivity index (χ2n) is 3.92. The van der Waals surface area contributed by atoms with Crippen molar-refractivity contribution in [2.75, 3.05) is 6.54 Å². The standard InChI is InChI=1S/C13H15FN2/c1-16-7-6-10(9-16)12(8-15)11-4-2-3-5-13(11)14/h2-7,9,12H,8,15H2,1H3. The van der Waals surface area contributed by atoms with E-state index < -0.39 is 0 Å². The highest BCUT2D eigenvalue weighted by molar-refractivity contribution is 5.32. The molecule has 0 amide bonds. The fraction of sp³-hybridized carbons (Fsp3) is 0.231. The predicted octanol–water partition coefficient (Wildman–Crippen LogP) is 2.25. The Morgan fingerprint density at radius 2 is 2.06 bits per heavy atom. The number of hydrogen-bond acceptors (Lipinski definition) is 1. The summed E-state index contributed by atoms with van der Waals surface area (Å²) in [5.41, 5.74) is 7.45. The van der Waals surface area contributed by atoms with Gasteiger partial charge in [-0.1, -0.05) is 18.2 Å². The van der Waals surface area contributed by atoms with Crippen LogP contribution in [0.15, 0.2) is 42.7 Å². The van der Waals surface area contributed by atoms with Gasteiger partial charge in [0.1, 0.15) is 5.82 Å². The van der Waals surface area contributed by atoms with Crippen molar-refractivity contribution in [2.45, 2.75) is 5.92 Å². The van der Waals surface area contributed by atoms with Gasteiger partial charge in [-0.05, 0) is 23.3 Å². The van der Waals surface area contributed by atoms with Gasteiger partial charge in [0.15, 0.2) is 0 Å². The number of aromatic nitrogens is 1. The molecule has 0 aliphatic heterocycles. The van der Waals surface area contributed by atoms with Gasteiger partial charge in [0.2, 0.25) is 0 Å². The number of aryl methyl sites for hydroxylation is 1. The first-order valence-corrected chi connectivity index (χ1v) is 5.28. The third-order valence-corrected chi connectivity index (χ3v) is 2.77. The topological polar surface area (TPSA) is 30.9 Å². The van der Waals surface area contributed by atoms with Crippen LogP contribution in [0.5, 0.6) is 0 Å². The lowest BCUT2D eigenvalue weighted by Crippen LogP contribution is -2.14. The maximum absolute atomic E-state index is 13.7. The van der Waals surface area contributed by atoms with E-state index in [0.29, 0.717) is 12.1 Å². The van der Waals surface area contributed by atoms with Crippen molar-refractivity contribution < 1.29 is 4.39 Å². The minimum Gasteiger partial charge on any atom is -0.357 e. The lowest BCUT2D eigenvalue weighted by atomic mass is 9.93. The van der Waals surface area contributed by atoms with Gasteiger partial charge in [-0.3, -0.25) is 0 Å². The molecular formula is C13H15FN2. The normalized spacial score (nSPS) is 12.7. The Labute approximate surface area is 94.5 Å². The average Bonchev–Trinajstić information content (AvgIpc) is 2.69. The van der Waals surface area contributed by atoms with Crippen LogP contribution in [0.25, 0.3) is 0 Å². The Hall–Kier alpha value is -1.61. The zero-order valence-electron chi connectivity index (χ0n) is 9.23. The molecule has 0 saturated carbocycles. The number of nitrogens with zero attached hydrogens (tertiary/aromatic N) is 1. The minimum absolute atomic E-state index is 0.0672. The van der Waals surface area contributed by atoms with Crippen molar-refractivity contribution in [3.63, 3.8) is 0 Å². The summed E-state index contributed by atoms with van der Waals surface area (Å²) >= 11 is 0. The predicted molar refractivity (Wildman–Crippen MR) is 62.7 cm³/mol. The molecule has 2 aromatic rings. The summed E-state index contributed by atoms with van der Waals surface area (Å²) < 4.78 is 15.6. The average molecular weight is 218 g/mol. The lowest BCUT2D eigenvalue weighted by molar-refractivity contribution is 0.597. The molecule has 0 saturated heterocycles. The molecule has 1 heterocycles. The molecule has 2 N–H and O–H groups in total. The first kappa shape index (κ1) is 10.9. The van der Waals surface area contributed by atoms with E-state index in [4.69, 9.17) is 5.73 Å². The van der Waals surface area contributed by atoms with Crippen LogP contribution >= 0.6 is 0 Å². The highest BCUT2D eigenvalue weighted by Gasteiger charge is 2.16. The molecule has 0 aliphatic carbocycles. The van der Waals surface area contributed by atoms with E-state index in [1.807, 2.05) is 36.1 Å². The van der Waals surface area contributed by atoms with E-state index in [1.165, 1.54) is 6.07 Å². The number of hydrogen-bond donors (Lipinski definition) is 1.